The summed E-state index contributed by atoms with van der Waals surface area (Å²) in [6.07, 6.45) is -0.0898. The van der Waals surface area contributed by atoms with Crippen LogP contribution in [-0.2, 0) is 4.79 Å². The van der Waals surface area contributed by atoms with E-state index in [1.807, 2.05) is 4.90 Å². The Morgan fingerprint density at radius 1 is 1.38 bits per heavy atom. The van der Waals surface area contributed by atoms with Gasteiger partial charge in [-0.25, -0.2) is 4.79 Å². The number of carboxylic acid groups (broad SMARTS) is 1. The highest BCUT2D eigenvalue weighted by Gasteiger charge is 2.23. The summed E-state index contributed by atoms with van der Waals surface area (Å²) in [4.78, 5) is 23.9. The molecule has 6 heteroatoms. The van der Waals surface area contributed by atoms with Gasteiger partial charge in [-0.1, -0.05) is 15.9 Å². The van der Waals surface area contributed by atoms with Gasteiger partial charge in [-0.15, -0.1) is 0 Å². The molecule has 0 aromatic carbocycles. The monoisotopic (exact) mass is 250 g/mol. The number of carbonyl (C=O) groups excluding carboxylic acids is 1. The average Bonchev–Trinajstić information content (AvgIpc) is 2.17. The second-order valence-corrected chi connectivity index (χ2v) is 3.75. The van der Waals surface area contributed by atoms with Crippen LogP contribution in [0.5, 0.6) is 0 Å². The third-order valence-electron chi connectivity index (χ3n) is 2.05. The van der Waals surface area contributed by atoms with E-state index in [1.165, 1.54) is 4.90 Å². The fraction of sp³-hybridized carbons (Fsp3) is 0.714. The molecular weight excluding hydrogens is 240 g/mol. The van der Waals surface area contributed by atoms with Crippen molar-refractivity contribution in [3.63, 3.8) is 0 Å². The SMILES string of the molecule is O=CC(Br)N1CCN(C(=O)O)CC1. The lowest BCUT2D eigenvalue weighted by molar-refractivity contribution is -0.110. The number of piperazine rings is 1. The smallest absolute Gasteiger partial charge is 0.407 e. The molecule has 1 rings (SSSR count). The minimum atomic E-state index is -0.892. The molecule has 1 fully saturated rings. The zero-order valence-corrected chi connectivity index (χ0v) is 8.61. The van der Waals surface area contributed by atoms with Crippen molar-refractivity contribution in [3.8, 4) is 0 Å². The Kier molecular flexibility index (Phi) is 3.68. The second kappa shape index (κ2) is 4.57. The number of alkyl halides is 1. The van der Waals surface area contributed by atoms with Crippen molar-refractivity contribution in [2.75, 3.05) is 26.2 Å². The molecular formula is C7H11BrN2O3. The molecule has 1 saturated heterocycles. The molecule has 1 heterocycles. The Bertz CT molecular complexity index is 204. The summed E-state index contributed by atoms with van der Waals surface area (Å²) in [5.41, 5.74) is 0. The molecule has 5 nitrogen and oxygen atoms in total. The van der Waals surface area contributed by atoms with Crippen molar-refractivity contribution in [1.82, 2.24) is 9.80 Å². The van der Waals surface area contributed by atoms with Gasteiger partial charge in [0, 0.05) is 26.2 Å². The van der Waals surface area contributed by atoms with Gasteiger partial charge in [0.2, 0.25) is 0 Å². The summed E-state index contributed by atoms with van der Waals surface area (Å²) in [7, 11) is 0. The van der Waals surface area contributed by atoms with Gasteiger partial charge >= 0.3 is 6.09 Å². The lowest BCUT2D eigenvalue weighted by Gasteiger charge is -2.33. The van der Waals surface area contributed by atoms with Crippen molar-refractivity contribution in [1.29, 1.82) is 0 Å². The molecule has 0 radical (unpaired) electrons. The van der Waals surface area contributed by atoms with E-state index >= 15 is 0 Å². The number of carbonyl (C=O) groups is 2. The van der Waals surface area contributed by atoms with Crippen LogP contribution in [0.25, 0.3) is 0 Å². The number of aldehydes is 1. The minimum Gasteiger partial charge on any atom is -0.465 e. The maximum absolute atomic E-state index is 10.5. The summed E-state index contributed by atoms with van der Waals surface area (Å²) in [6, 6.07) is 0. The van der Waals surface area contributed by atoms with Crippen LogP contribution in [0.3, 0.4) is 0 Å². The molecule has 13 heavy (non-hydrogen) atoms. The molecule has 0 saturated carbocycles. The maximum atomic E-state index is 10.5. The Balaban J connectivity index is 2.38. The van der Waals surface area contributed by atoms with Crippen LogP contribution < -0.4 is 0 Å². The number of rotatable bonds is 2. The first-order valence-corrected chi connectivity index (χ1v) is 4.88. The molecule has 0 aromatic heterocycles. The number of halogens is 1. The summed E-state index contributed by atoms with van der Waals surface area (Å²) in [5, 5.41) is 8.65. The van der Waals surface area contributed by atoms with Crippen LogP contribution in [-0.4, -0.2) is 58.4 Å². The fourth-order valence-corrected chi connectivity index (χ4v) is 1.66. The molecule has 1 amide bonds. The van der Waals surface area contributed by atoms with E-state index in [9.17, 15) is 9.59 Å². The third kappa shape index (κ3) is 2.67. The predicted octanol–water partition coefficient (Wildman–Crippen LogP) is 0.202. The average molecular weight is 251 g/mol. The first-order chi connectivity index (χ1) is 6.15. The van der Waals surface area contributed by atoms with E-state index in [0.717, 1.165) is 6.29 Å². The van der Waals surface area contributed by atoms with Crippen molar-refractivity contribution < 1.29 is 14.7 Å². The molecule has 1 N–H and O–H groups in total. The van der Waals surface area contributed by atoms with E-state index in [2.05, 4.69) is 15.9 Å². The van der Waals surface area contributed by atoms with Gasteiger partial charge in [0.25, 0.3) is 0 Å². The van der Waals surface area contributed by atoms with Crippen LogP contribution in [0.15, 0.2) is 0 Å². The molecule has 74 valence electrons. The number of nitrogens with zero attached hydrogens (tertiary/aromatic N) is 2. The highest BCUT2D eigenvalue weighted by Crippen LogP contribution is 2.09. The zero-order valence-electron chi connectivity index (χ0n) is 7.02. The van der Waals surface area contributed by atoms with E-state index in [4.69, 9.17) is 5.11 Å². The molecule has 0 aliphatic carbocycles. The van der Waals surface area contributed by atoms with Gasteiger partial charge in [-0.2, -0.15) is 0 Å². The maximum Gasteiger partial charge on any atom is 0.407 e. The van der Waals surface area contributed by atoms with E-state index in [-0.39, 0.29) is 4.95 Å². The zero-order chi connectivity index (χ0) is 9.84. The molecule has 1 aliphatic heterocycles. The molecule has 1 atom stereocenters. The van der Waals surface area contributed by atoms with Crippen molar-refractivity contribution in [3.05, 3.63) is 0 Å². The summed E-state index contributed by atoms with van der Waals surface area (Å²) < 4.78 is 0. The largest absolute Gasteiger partial charge is 0.465 e. The number of hydrogen-bond acceptors (Lipinski definition) is 3. The molecule has 1 unspecified atom stereocenters. The summed E-state index contributed by atoms with van der Waals surface area (Å²) >= 11 is 3.19. The van der Waals surface area contributed by atoms with Gasteiger partial charge in [0.15, 0.2) is 0 Å². The first-order valence-electron chi connectivity index (χ1n) is 3.96. The van der Waals surface area contributed by atoms with Crippen molar-refractivity contribution >= 4 is 28.3 Å². The first kappa shape index (κ1) is 10.5. The van der Waals surface area contributed by atoms with Crippen molar-refractivity contribution in [2.45, 2.75) is 4.95 Å². The van der Waals surface area contributed by atoms with Crippen LogP contribution >= 0.6 is 15.9 Å². The van der Waals surface area contributed by atoms with Crippen LogP contribution in [0.4, 0.5) is 4.79 Å². The van der Waals surface area contributed by atoms with Gasteiger partial charge < -0.3 is 14.8 Å². The topological polar surface area (TPSA) is 60.9 Å². The summed E-state index contributed by atoms with van der Waals surface area (Å²) in [5.74, 6) is 0. The van der Waals surface area contributed by atoms with Crippen LogP contribution in [0, 0.1) is 0 Å². The van der Waals surface area contributed by atoms with E-state index < -0.39 is 6.09 Å². The van der Waals surface area contributed by atoms with Gasteiger partial charge in [-0.05, 0) is 0 Å². The second-order valence-electron chi connectivity index (χ2n) is 2.81. The molecule has 1 aliphatic rings. The Morgan fingerprint density at radius 3 is 2.31 bits per heavy atom. The quantitative estimate of drug-likeness (QED) is 0.432. The van der Waals surface area contributed by atoms with Gasteiger partial charge in [-0.3, -0.25) is 4.90 Å². The normalized spacial score (nSPS) is 21.2. The highest BCUT2D eigenvalue weighted by atomic mass is 79.9. The van der Waals surface area contributed by atoms with Crippen molar-refractivity contribution in [2.24, 2.45) is 0 Å². The van der Waals surface area contributed by atoms with Crippen LogP contribution in [0.2, 0.25) is 0 Å². The van der Waals surface area contributed by atoms with Gasteiger partial charge in [0.1, 0.15) is 11.2 Å². The highest BCUT2D eigenvalue weighted by molar-refractivity contribution is 9.09. The third-order valence-corrected chi connectivity index (χ3v) is 2.84. The minimum absolute atomic E-state index is 0.288. The predicted molar refractivity (Wildman–Crippen MR) is 49.9 cm³/mol. The fourth-order valence-electron chi connectivity index (χ4n) is 1.25. The standard InChI is InChI=1S/C7H11BrN2O3/c8-6(5-11)9-1-3-10(4-2-9)7(12)13/h5-6H,1-4H2,(H,12,13). The molecule has 0 spiro atoms. The Morgan fingerprint density at radius 2 is 1.92 bits per heavy atom. The van der Waals surface area contributed by atoms with Crippen LogP contribution in [0.1, 0.15) is 0 Å². The molecule has 0 bridgehead atoms. The Labute approximate surface area is 84.4 Å². The van der Waals surface area contributed by atoms with Gasteiger partial charge in [0.05, 0.1) is 0 Å². The van der Waals surface area contributed by atoms with E-state index in [0.29, 0.717) is 26.2 Å². The summed E-state index contributed by atoms with van der Waals surface area (Å²) in [6.45, 7) is 2.12. The number of hydrogen-bond donors (Lipinski definition) is 1. The lowest BCUT2D eigenvalue weighted by Crippen LogP contribution is -2.50. The number of amides is 1. The van der Waals surface area contributed by atoms with E-state index in [1.54, 1.807) is 0 Å². The molecule has 0 aromatic rings. The lowest BCUT2D eigenvalue weighted by atomic mass is 10.3. The Hall–Kier alpha value is -0.620.